The summed E-state index contributed by atoms with van der Waals surface area (Å²) in [5.41, 5.74) is 2.79. The molecule has 3 aromatic rings. The van der Waals surface area contributed by atoms with Crippen LogP contribution in [0.2, 0.25) is 5.02 Å². The number of aryl methyl sites for hydroxylation is 1. The number of carbonyl (C=O) groups is 2. The highest BCUT2D eigenvalue weighted by molar-refractivity contribution is 6.30. The number of carbonyl (C=O) groups excluding carboxylic acids is 2. The summed E-state index contributed by atoms with van der Waals surface area (Å²) in [6, 6.07) is 19.8. The topological polar surface area (TPSA) is 52.6 Å². The van der Waals surface area contributed by atoms with Gasteiger partial charge in [0.1, 0.15) is 11.5 Å². The molecular formula is C24H17ClO4. The van der Waals surface area contributed by atoms with Gasteiger partial charge in [-0.3, -0.25) is 9.59 Å². The largest absolute Gasteiger partial charge is 0.452 e. The lowest BCUT2D eigenvalue weighted by Crippen LogP contribution is -2.11. The first-order valence-corrected chi connectivity index (χ1v) is 9.46. The third kappa shape index (κ3) is 4.23. The fraction of sp³-hybridized carbons (Fsp3) is 0.0833. The van der Waals surface area contributed by atoms with Gasteiger partial charge in [-0.2, -0.15) is 0 Å². The van der Waals surface area contributed by atoms with Crippen LogP contribution >= 0.6 is 11.6 Å². The molecule has 0 fully saturated rings. The number of ketones is 1. The number of allylic oxidation sites excluding steroid dienone is 1. The Balaban J connectivity index is 1.55. The van der Waals surface area contributed by atoms with Crippen molar-refractivity contribution in [1.82, 2.24) is 0 Å². The zero-order valence-electron chi connectivity index (χ0n) is 15.6. The first kappa shape index (κ1) is 19.0. The molecule has 0 radical (unpaired) electrons. The van der Waals surface area contributed by atoms with Crippen LogP contribution in [0.25, 0.3) is 6.08 Å². The molecule has 144 valence electrons. The van der Waals surface area contributed by atoms with Gasteiger partial charge in [0.05, 0.1) is 12.0 Å². The Morgan fingerprint density at radius 2 is 1.86 bits per heavy atom. The number of rotatable bonds is 4. The minimum absolute atomic E-state index is 0.163. The van der Waals surface area contributed by atoms with Crippen molar-refractivity contribution < 1.29 is 19.1 Å². The van der Waals surface area contributed by atoms with Gasteiger partial charge in [0.2, 0.25) is 5.78 Å². The summed E-state index contributed by atoms with van der Waals surface area (Å²) >= 11 is 6.00. The fourth-order valence-corrected chi connectivity index (χ4v) is 3.41. The zero-order valence-corrected chi connectivity index (χ0v) is 16.4. The summed E-state index contributed by atoms with van der Waals surface area (Å²) in [7, 11) is 0. The minimum Gasteiger partial charge on any atom is -0.452 e. The summed E-state index contributed by atoms with van der Waals surface area (Å²) in [6.45, 7) is 1.79. The van der Waals surface area contributed by atoms with E-state index in [2.05, 4.69) is 0 Å². The molecule has 4 rings (SSSR count). The number of ether oxygens (including phenoxy) is 2. The molecule has 0 bridgehead atoms. The maximum Gasteiger partial charge on any atom is 0.315 e. The molecule has 0 unspecified atom stereocenters. The minimum atomic E-state index is -0.380. The van der Waals surface area contributed by atoms with E-state index in [-0.39, 0.29) is 23.9 Å². The molecule has 5 heteroatoms. The van der Waals surface area contributed by atoms with Crippen molar-refractivity contribution in [1.29, 1.82) is 0 Å². The van der Waals surface area contributed by atoms with E-state index in [1.165, 1.54) is 0 Å². The Morgan fingerprint density at radius 1 is 1.07 bits per heavy atom. The summed E-state index contributed by atoms with van der Waals surface area (Å²) in [6.07, 6.45) is 1.81. The lowest BCUT2D eigenvalue weighted by atomic mass is 10.0. The maximum absolute atomic E-state index is 12.7. The number of hydrogen-bond donors (Lipinski definition) is 0. The molecule has 0 saturated carbocycles. The quantitative estimate of drug-likeness (QED) is 0.331. The van der Waals surface area contributed by atoms with E-state index < -0.39 is 0 Å². The highest BCUT2D eigenvalue weighted by Crippen LogP contribution is 2.37. The van der Waals surface area contributed by atoms with Gasteiger partial charge in [0.15, 0.2) is 5.76 Å². The van der Waals surface area contributed by atoms with Gasteiger partial charge in [-0.25, -0.2) is 0 Å². The Bertz CT molecular complexity index is 1130. The lowest BCUT2D eigenvalue weighted by molar-refractivity contribution is -0.133. The fourth-order valence-electron chi connectivity index (χ4n) is 3.21. The van der Waals surface area contributed by atoms with E-state index in [9.17, 15) is 9.59 Å². The summed E-state index contributed by atoms with van der Waals surface area (Å²) in [5, 5.41) is 0.575. The molecule has 0 atom stereocenters. The van der Waals surface area contributed by atoms with Gasteiger partial charge in [0.25, 0.3) is 0 Å². The number of esters is 1. The van der Waals surface area contributed by atoms with Crippen molar-refractivity contribution in [2.45, 2.75) is 13.3 Å². The summed E-state index contributed by atoms with van der Waals surface area (Å²) < 4.78 is 11.2. The van der Waals surface area contributed by atoms with Crippen molar-refractivity contribution >= 4 is 29.4 Å². The van der Waals surface area contributed by atoms with Gasteiger partial charge >= 0.3 is 5.97 Å². The van der Waals surface area contributed by atoms with Gasteiger partial charge in [0, 0.05) is 11.1 Å². The third-order valence-electron chi connectivity index (χ3n) is 4.51. The third-order valence-corrected chi connectivity index (χ3v) is 4.75. The molecule has 0 amide bonds. The van der Waals surface area contributed by atoms with E-state index >= 15 is 0 Å². The molecule has 3 aromatic carbocycles. The van der Waals surface area contributed by atoms with E-state index in [0.717, 1.165) is 11.1 Å². The van der Waals surface area contributed by atoms with Crippen LogP contribution < -0.4 is 9.47 Å². The number of Topliss-reactive ketones (excluding diaryl/α,β-unsaturated/α-hetero) is 1. The smallest absolute Gasteiger partial charge is 0.315 e. The van der Waals surface area contributed by atoms with E-state index in [1.807, 2.05) is 36.4 Å². The van der Waals surface area contributed by atoms with Crippen molar-refractivity contribution in [3.63, 3.8) is 0 Å². The zero-order chi connectivity index (χ0) is 20.4. The van der Waals surface area contributed by atoms with Crippen LogP contribution in [0.5, 0.6) is 11.5 Å². The van der Waals surface area contributed by atoms with Crippen LogP contribution in [-0.4, -0.2) is 11.8 Å². The molecule has 0 spiro atoms. The average molecular weight is 405 g/mol. The first-order chi connectivity index (χ1) is 14.0. The normalized spacial score (nSPS) is 13.9. The second-order valence-corrected chi connectivity index (χ2v) is 7.18. The van der Waals surface area contributed by atoms with E-state index in [1.54, 1.807) is 43.3 Å². The molecule has 0 saturated heterocycles. The molecule has 0 aliphatic carbocycles. The van der Waals surface area contributed by atoms with E-state index in [4.69, 9.17) is 21.1 Å². The van der Waals surface area contributed by atoms with Gasteiger partial charge in [-0.1, -0.05) is 54.1 Å². The lowest BCUT2D eigenvalue weighted by Gasteiger charge is -2.08. The predicted molar refractivity (Wildman–Crippen MR) is 111 cm³/mol. The Kier molecular flexibility index (Phi) is 5.19. The van der Waals surface area contributed by atoms with Crippen LogP contribution in [0.4, 0.5) is 0 Å². The predicted octanol–water partition coefficient (Wildman–Crippen LogP) is 5.41. The van der Waals surface area contributed by atoms with Gasteiger partial charge in [-0.05, 0) is 47.9 Å². The van der Waals surface area contributed by atoms with Crippen molar-refractivity contribution in [3.8, 4) is 11.5 Å². The standard InChI is InChI=1S/C24H17ClO4/c1-15-10-19(28-22(26)13-16-6-3-2-4-7-16)14-20-23(15)24(27)21(29-20)12-17-8-5-9-18(25)11-17/h2-12,14H,13H2,1H3/b21-12-. The first-order valence-electron chi connectivity index (χ1n) is 9.08. The van der Waals surface area contributed by atoms with Crippen molar-refractivity contribution in [2.24, 2.45) is 0 Å². The average Bonchev–Trinajstić information content (AvgIpc) is 2.98. The second-order valence-electron chi connectivity index (χ2n) is 6.74. The highest BCUT2D eigenvalue weighted by Gasteiger charge is 2.30. The molecule has 1 heterocycles. The Morgan fingerprint density at radius 3 is 2.62 bits per heavy atom. The number of hydrogen-bond acceptors (Lipinski definition) is 4. The molecule has 1 aliphatic rings. The summed E-state index contributed by atoms with van der Waals surface area (Å²) in [5.74, 6) is 0.345. The van der Waals surface area contributed by atoms with Crippen LogP contribution in [0, 0.1) is 6.92 Å². The highest BCUT2D eigenvalue weighted by atomic mass is 35.5. The van der Waals surface area contributed by atoms with Crippen LogP contribution in [0.3, 0.4) is 0 Å². The Hall–Kier alpha value is -3.37. The monoisotopic (exact) mass is 404 g/mol. The second kappa shape index (κ2) is 7.94. The van der Waals surface area contributed by atoms with E-state index in [0.29, 0.717) is 27.6 Å². The molecule has 0 N–H and O–H groups in total. The van der Waals surface area contributed by atoms with Gasteiger partial charge in [-0.15, -0.1) is 0 Å². The molecule has 4 nitrogen and oxygen atoms in total. The number of fused-ring (bicyclic) bond motifs is 1. The number of benzene rings is 3. The Labute approximate surface area is 173 Å². The van der Waals surface area contributed by atoms with Crippen molar-refractivity contribution in [3.05, 3.63) is 99.8 Å². The number of halogens is 1. The van der Waals surface area contributed by atoms with Crippen LogP contribution in [0.15, 0.2) is 72.5 Å². The summed E-state index contributed by atoms with van der Waals surface area (Å²) in [4.78, 5) is 25.0. The SMILES string of the molecule is Cc1cc(OC(=O)Cc2ccccc2)cc2c1C(=O)/C(=C/c1cccc(Cl)c1)O2. The molecular weight excluding hydrogens is 388 g/mol. The van der Waals surface area contributed by atoms with Crippen LogP contribution in [-0.2, 0) is 11.2 Å². The molecule has 0 aromatic heterocycles. The van der Waals surface area contributed by atoms with Gasteiger partial charge < -0.3 is 9.47 Å². The van der Waals surface area contributed by atoms with Crippen LogP contribution in [0.1, 0.15) is 27.0 Å². The molecule has 1 aliphatic heterocycles. The van der Waals surface area contributed by atoms with Crippen molar-refractivity contribution in [2.75, 3.05) is 0 Å². The maximum atomic E-state index is 12.7. The molecule has 29 heavy (non-hydrogen) atoms.